The van der Waals surface area contributed by atoms with Crippen LogP contribution in [-0.2, 0) is 0 Å². The highest BCUT2D eigenvalue weighted by Crippen LogP contribution is 2.63. The Bertz CT molecular complexity index is 467. The van der Waals surface area contributed by atoms with E-state index < -0.39 is 0 Å². The first-order valence-corrected chi connectivity index (χ1v) is 8.35. The fourth-order valence-corrected chi connectivity index (χ4v) is 5.98. The Morgan fingerprint density at radius 3 is 2.20 bits per heavy atom. The van der Waals surface area contributed by atoms with Crippen molar-refractivity contribution < 1.29 is 0 Å². The molecule has 0 amide bonds. The van der Waals surface area contributed by atoms with Crippen molar-refractivity contribution in [2.45, 2.75) is 64.5 Å². The molecule has 0 spiro atoms. The molecule has 0 saturated heterocycles. The van der Waals surface area contributed by atoms with Crippen LogP contribution in [0.5, 0.6) is 0 Å². The number of hydrogen-bond donors (Lipinski definition) is 1. The molecule has 1 aromatic rings. The molecule has 0 aromatic carbocycles. The lowest BCUT2D eigenvalue weighted by Crippen LogP contribution is -2.49. The van der Waals surface area contributed by atoms with Gasteiger partial charge in [0.25, 0.3) is 0 Å². The van der Waals surface area contributed by atoms with Crippen LogP contribution in [0.25, 0.3) is 0 Å². The van der Waals surface area contributed by atoms with Crippen molar-refractivity contribution in [2.75, 3.05) is 0 Å². The fraction of sp³-hybridized carbons (Fsp3) is 0.824. The summed E-state index contributed by atoms with van der Waals surface area (Å²) in [5, 5.41) is 0. The van der Waals surface area contributed by atoms with Gasteiger partial charge in [-0.1, -0.05) is 0 Å². The highest BCUT2D eigenvalue weighted by Gasteiger charge is 2.53. The molecule has 2 atom stereocenters. The van der Waals surface area contributed by atoms with E-state index in [1.807, 2.05) is 12.5 Å². The van der Waals surface area contributed by atoms with Crippen LogP contribution in [0.4, 0.5) is 0 Å². The van der Waals surface area contributed by atoms with Gasteiger partial charge >= 0.3 is 0 Å². The summed E-state index contributed by atoms with van der Waals surface area (Å²) >= 11 is 0. The molecule has 4 fully saturated rings. The van der Waals surface area contributed by atoms with Gasteiger partial charge in [0, 0.05) is 18.3 Å². The lowest BCUT2D eigenvalue weighted by atomic mass is 9.48. The molecule has 1 heterocycles. The van der Waals surface area contributed by atoms with Crippen LogP contribution in [-0.4, -0.2) is 9.55 Å². The van der Waals surface area contributed by atoms with Gasteiger partial charge in [-0.05, 0) is 75.5 Å². The lowest BCUT2D eigenvalue weighted by molar-refractivity contribution is -0.0793. The molecule has 0 aliphatic heterocycles. The van der Waals surface area contributed by atoms with Gasteiger partial charge in [-0.2, -0.15) is 0 Å². The maximum Gasteiger partial charge on any atom is 0.0951 e. The van der Waals surface area contributed by atoms with Crippen molar-refractivity contribution in [3.8, 4) is 0 Å². The minimum Gasteiger partial charge on any atom is -0.330 e. The summed E-state index contributed by atoms with van der Waals surface area (Å²) in [7, 11) is 0. The van der Waals surface area contributed by atoms with Gasteiger partial charge in [-0.15, -0.1) is 0 Å². The summed E-state index contributed by atoms with van der Waals surface area (Å²) in [5.41, 5.74) is 7.86. The summed E-state index contributed by atoms with van der Waals surface area (Å²) in [5.74, 6) is 3.02. The number of imidazole rings is 1. The highest BCUT2D eigenvalue weighted by molar-refractivity contribution is 5.10. The van der Waals surface area contributed by atoms with Gasteiger partial charge in [0.1, 0.15) is 0 Å². The first-order valence-electron chi connectivity index (χ1n) is 8.35. The Balaban J connectivity index is 1.68. The van der Waals surface area contributed by atoms with Gasteiger partial charge in [0.05, 0.1) is 12.0 Å². The Hall–Kier alpha value is -0.830. The van der Waals surface area contributed by atoms with Gasteiger partial charge in [0.15, 0.2) is 0 Å². The minimum atomic E-state index is 0.0777. The SMILES string of the molecule is CC(N)c1cncn1C(C)C12CC3CC(CC(C3)C1)C2. The quantitative estimate of drug-likeness (QED) is 0.913. The van der Waals surface area contributed by atoms with E-state index in [9.17, 15) is 0 Å². The van der Waals surface area contributed by atoms with Crippen molar-refractivity contribution in [3.63, 3.8) is 0 Å². The monoisotopic (exact) mass is 273 g/mol. The Morgan fingerprint density at radius 2 is 1.70 bits per heavy atom. The van der Waals surface area contributed by atoms with Gasteiger partial charge in [-0.25, -0.2) is 4.98 Å². The molecular weight excluding hydrogens is 246 g/mol. The van der Waals surface area contributed by atoms with Gasteiger partial charge < -0.3 is 10.3 Å². The number of hydrogen-bond acceptors (Lipinski definition) is 2. The first-order chi connectivity index (χ1) is 9.57. The average Bonchev–Trinajstić information content (AvgIpc) is 2.85. The Morgan fingerprint density at radius 1 is 1.15 bits per heavy atom. The van der Waals surface area contributed by atoms with E-state index in [-0.39, 0.29) is 6.04 Å². The summed E-state index contributed by atoms with van der Waals surface area (Å²) in [4.78, 5) is 4.37. The third kappa shape index (κ3) is 1.78. The van der Waals surface area contributed by atoms with E-state index in [0.29, 0.717) is 11.5 Å². The van der Waals surface area contributed by atoms with E-state index in [1.54, 1.807) is 0 Å². The van der Waals surface area contributed by atoms with Crippen molar-refractivity contribution in [1.29, 1.82) is 0 Å². The van der Waals surface area contributed by atoms with Crippen molar-refractivity contribution in [2.24, 2.45) is 28.9 Å². The largest absolute Gasteiger partial charge is 0.330 e. The smallest absolute Gasteiger partial charge is 0.0951 e. The maximum atomic E-state index is 6.13. The number of nitrogens with two attached hydrogens (primary N) is 1. The third-order valence-corrected chi connectivity index (χ3v) is 6.55. The second kappa shape index (κ2) is 4.33. The topological polar surface area (TPSA) is 43.8 Å². The van der Waals surface area contributed by atoms with Crippen LogP contribution in [0.15, 0.2) is 12.5 Å². The molecular formula is C17H27N3. The van der Waals surface area contributed by atoms with Crippen molar-refractivity contribution in [1.82, 2.24) is 9.55 Å². The molecule has 1 aromatic heterocycles. The molecule has 4 bridgehead atoms. The van der Waals surface area contributed by atoms with E-state index in [2.05, 4.69) is 23.4 Å². The zero-order valence-electron chi connectivity index (χ0n) is 12.8. The van der Waals surface area contributed by atoms with E-state index in [0.717, 1.165) is 17.8 Å². The number of aromatic nitrogens is 2. The summed E-state index contributed by atoms with van der Waals surface area (Å²) in [6.45, 7) is 4.49. The molecule has 3 heteroatoms. The molecule has 4 saturated carbocycles. The first kappa shape index (κ1) is 12.9. The molecule has 2 unspecified atom stereocenters. The average molecular weight is 273 g/mol. The third-order valence-electron chi connectivity index (χ3n) is 6.55. The molecule has 3 nitrogen and oxygen atoms in total. The van der Waals surface area contributed by atoms with Gasteiger partial charge in [-0.3, -0.25) is 0 Å². The zero-order valence-corrected chi connectivity index (χ0v) is 12.8. The van der Waals surface area contributed by atoms with Crippen LogP contribution in [0.1, 0.15) is 70.2 Å². The van der Waals surface area contributed by atoms with E-state index in [1.165, 1.54) is 44.2 Å². The molecule has 2 N–H and O–H groups in total. The molecule has 110 valence electrons. The zero-order chi connectivity index (χ0) is 13.9. The molecule has 4 aliphatic rings. The minimum absolute atomic E-state index is 0.0777. The Kier molecular flexibility index (Phi) is 2.79. The van der Waals surface area contributed by atoms with Crippen molar-refractivity contribution >= 4 is 0 Å². The van der Waals surface area contributed by atoms with Crippen molar-refractivity contribution in [3.05, 3.63) is 18.2 Å². The normalized spacial score (nSPS) is 41.9. The van der Waals surface area contributed by atoms with Crippen LogP contribution >= 0.6 is 0 Å². The number of rotatable bonds is 3. The number of nitrogens with zero attached hydrogens (tertiary/aromatic N) is 2. The van der Waals surface area contributed by atoms with E-state index in [4.69, 9.17) is 5.73 Å². The molecule has 5 rings (SSSR count). The fourth-order valence-electron chi connectivity index (χ4n) is 5.98. The standard InChI is InChI=1S/C17H27N3/c1-11(18)16-9-19-10-20(16)12(2)17-6-13-3-14(7-17)5-15(4-13)8-17/h9-15H,3-8,18H2,1-2H3. The second-order valence-electron chi connectivity index (χ2n) is 7.97. The highest BCUT2D eigenvalue weighted by atomic mass is 15.1. The van der Waals surface area contributed by atoms with E-state index >= 15 is 0 Å². The Labute approximate surface area is 122 Å². The summed E-state index contributed by atoms with van der Waals surface area (Å²) < 4.78 is 2.39. The summed E-state index contributed by atoms with van der Waals surface area (Å²) in [6, 6.07) is 0.633. The lowest BCUT2D eigenvalue weighted by Gasteiger charge is -2.59. The van der Waals surface area contributed by atoms with Crippen LogP contribution in [0.2, 0.25) is 0 Å². The van der Waals surface area contributed by atoms with Crippen LogP contribution < -0.4 is 5.73 Å². The predicted octanol–water partition coefficient (Wildman–Crippen LogP) is 3.68. The van der Waals surface area contributed by atoms with Gasteiger partial charge in [0.2, 0.25) is 0 Å². The summed E-state index contributed by atoms with van der Waals surface area (Å²) in [6.07, 6.45) is 12.8. The predicted molar refractivity (Wildman–Crippen MR) is 80.1 cm³/mol. The maximum absolute atomic E-state index is 6.13. The van der Waals surface area contributed by atoms with Crippen LogP contribution in [0, 0.1) is 23.2 Å². The second-order valence-corrected chi connectivity index (χ2v) is 7.97. The molecule has 4 aliphatic carbocycles. The molecule has 0 radical (unpaired) electrons. The molecule has 20 heavy (non-hydrogen) atoms. The van der Waals surface area contributed by atoms with Crippen LogP contribution in [0.3, 0.4) is 0 Å².